The Balaban J connectivity index is 1.72. The van der Waals surface area contributed by atoms with Crippen LogP contribution in [0.4, 0.5) is 11.4 Å². The van der Waals surface area contributed by atoms with Crippen LogP contribution in [-0.4, -0.2) is 34.8 Å². The normalized spacial score (nSPS) is 13.3. The number of benzene rings is 1. The van der Waals surface area contributed by atoms with Gasteiger partial charge in [0.15, 0.2) is 0 Å². The van der Waals surface area contributed by atoms with Gasteiger partial charge in [-0.2, -0.15) is 0 Å². The fourth-order valence-electron chi connectivity index (χ4n) is 2.79. The third-order valence-electron chi connectivity index (χ3n) is 4.09. The molecule has 0 atom stereocenters. The number of hydrogen-bond donors (Lipinski definition) is 2. The Hall–Kier alpha value is -3.49. The summed E-state index contributed by atoms with van der Waals surface area (Å²) in [7, 11) is 0. The molecule has 9 nitrogen and oxygen atoms in total. The van der Waals surface area contributed by atoms with E-state index in [1.807, 2.05) is 4.90 Å². The first-order valence-electron chi connectivity index (χ1n) is 8.10. The van der Waals surface area contributed by atoms with Gasteiger partial charge in [-0.05, 0) is 37.1 Å². The molecule has 0 unspecified atom stereocenters. The van der Waals surface area contributed by atoms with Gasteiger partial charge in [-0.15, -0.1) is 0 Å². The highest BCUT2D eigenvalue weighted by Gasteiger charge is 2.24. The Kier molecular flexibility index (Phi) is 5.07. The van der Waals surface area contributed by atoms with Gasteiger partial charge in [0.25, 0.3) is 17.5 Å². The molecule has 2 aromatic rings. The molecule has 1 aromatic carbocycles. The number of hydrogen-bond acceptors (Lipinski definition) is 6. The Morgan fingerprint density at radius 1 is 1.08 bits per heavy atom. The van der Waals surface area contributed by atoms with Crippen molar-refractivity contribution in [2.45, 2.75) is 12.8 Å². The summed E-state index contributed by atoms with van der Waals surface area (Å²) in [4.78, 5) is 40.7. The average Bonchev–Trinajstić information content (AvgIpc) is 3.20. The van der Waals surface area contributed by atoms with Crippen LogP contribution in [0, 0.1) is 10.1 Å². The molecule has 134 valence electrons. The van der Waals surface area contributed by atoms with E-state index in [9.17, 15) is 19.7 Å². The molecule has 0 radical (unpaired) electrons. The number of carbonyl (C=O) groups is 2. The fourth-order valence-corrected chi connectivity index (χ4v) is 2.79. The molecule has 0 saturated carbocycles. The molecule has 1 fully saturated rings. The molecule has 1 aliphatic rings. The zero-order valence-electron chi connectivity index (χ0n) is 13.8. The second kappa shape index (κ2) is 7.60. The number of aromatic nitrogens is 1. The Morgan fingerprint density at radius 2 is 1.77 bits per heavy atom. The summed E-state index contributed by atoms with van der Waals surface area (Å²) < 4.78 is 0. The van der Waals surface area contributed by atoms with Crippen LogP contribution in [0.2, 0.25) is 0 Å². The molecule has 2 amide bonds. The predicted octanol–water partition coefficient (Wildman–Crippen LogP) is 1.66. The second-order valence-corrected chi connectivity index (χ2v) is 5.80. The minimum absolute atomic E-state index is 0.0890. The first-order valence-corrected chi connectivity index (χ1v) is 8.10. The van der Waals surface area contributed by atoms with Crippen molar-refractivity contribution >= 4 is 23.2 Å². The third-order valence-corrected chi connectivity index (χ3v) is 4.09. The first kappa shape index (κ1) is 17.3. The molecule has 2 heterocycles. The zero-order valence-corrected chi connectivity index (χ0v) is 13.8. The van der Waals surface area contributed by atoms with Crippen molar-refractivity contribution in [3.63, 3.8) is 0 Å². The van der Waals surface area contributed by atoms with E-state index >= 15 is 0 Å². The van der Waals surface area contributed by atoms with E-state index in [1.165, 1.54) is 24.5 Å². The minimum atomic E-state index is -0.640. The Labute approximate surface area is 149 Å². The Morgan fingerprint density at radius 3 is 2.38 bits per heavy atom. The third kappa shape index (κ3) is 3.77. The van der Waals surface area contributed by atoms with E-state index < -0.39 is 16.7 Å². The molecule has 0 spiro atoms. The number of amides is 2. The van der Waals surface area contributed by atoms with Crippen molar-refractivity contribution in [3.05, 3.63) is 64.0 Å². The predicted molar refractivity (Wildman–Crippen MR) is 93.7 cm³/mol. The highest BCUT2D eigenvalue weighted by molar-refractivity contribution is 5.99. The largest absolute Gasteiger partial charge is 0.366 e. The number of hydrazine groups is 1. The van der Waals surface area contributed by atoms with E-state index in [2.05, 4.69) is 15.8 Å². The maximum atomic E-state index is 12.2. The van der Waals surface area contributed by atoms with Gasteiger partial charge in [0.1, 0.15) is 5.69 Å². The monoisotopic (exact) mass is 355 g/mol. The van der Waals surface area contributed by atoms with Crippen molar-refractivity contribution < 1.29 is 14.5 Å². The molecular weight excluding hydrogens is 338 g/mol. The van der Waals surface area contributed by atoms with Gasteiger partial charge in [0, 0.05) is 37.1 Å². The van der Waals surface area contributed by atoms with Gasteiger partial charge in [-0.1, -0.05) is 0 Å². The van der Waals surface area contributed by atoms with E-state index in [0.717, 1.165) is 25.9 Å². The number of nitro benzene ring substituents is 1. The molecule has 1 aliphatic heterocycles. The van der Waals surface area contributed by atoms with Crippen molar-refractivity contribution in [1.29, 1.82) is 0 Å². The number of nitrogens with one attached hydrogen (secondary N) is 2. The van der Waals surface area contributed by atoms with Crippen LogP contribution in [-0.2, 0) is 0 Å². The van der Waals surface area contributed by atoms with Crippen molar-refractivity contribution in [1.82, 2.24) is 15.8 Å². The average molecular weight is 355 g/mol. The van der Waals surface area contributed by atoms with Gasteiger partial charge >= 0.3 is 0 Å². The summed E-state index contributed by atoms with van der Waals surface area (Å²) >= 11 is 0. The lowest BCUT2D eigenvalue weighted by atomic mass is 10.1. The summed E-state index contributed by atoms with van der Waals surface area (Å²) in [5.74, 6) is -1.17. The van der Waals surface area contributed by atoms with Gasteiger partial charge in [0.2, 0.25) is 0 Å². The van der Waals surface area contributed by atoms with Gasteiger partial charge in [-0.3, -0.25) is 35.5 Å². The van der Waals surface area contributed by atoms with Crippen LogP contribution in [0.15, 0.2) is 42.7 Å². The van der Waals surface area contributed by atoms with E-state index in [4.69, 9.17) is 0 Å². The molecule has 2 N–H and O–H groups in total. The lowest BCUT2D eigenvalue weighted by molar-refractivity contribution is -0.384. The first-order chi connectivity index (χ1) is 12.6. The highest BCUT2D eigenvalue weighted by Crippen LogP contribution is 2.31. The summed E-state index contributed by atoms with van der Waals surface area (Å²) in [6.07, 6.45) is 4.85. The number of anilines is 1. The maximum absolute atomic E-state index is 12.2. The van der Waals surface area contributed by atoms with Crippen molar-refractivity contribution in [2.24, 2.45) is 0 Å². The maximum Gasteiger partial charge on any atom is 0.293 e. The summed E-state index contributed by atoms with van der Waals surface area (Å²) in [6.45, 7) is 1.51. The number of carbonyl (C=O) groups excluding carboxylic acids is 2. The minimum Gasteiger partial charge on any atom is -0.366 e. The quantitative estimate of drug-likeness (QED) is 0.636. The summed E-state index contributed by atoms with van der Waals surface area (Å²) in [6, 6.07) is 7.44. The van der Waals surface area contributed by atoms with Crippen molar-refractivity contribution in [2.75, 3.05) is 18.0 Å². The molecule has 0 bridgehead atoms. The van der Waals surface area contributed by atoms with Crippen LogP contribution in [0.5, 0.6) is 0 Å². The molecule has 1 aromatic heterocycles. The molecule has 1 saturated heterocycles. The number of rotatable bonds is 4. The second-order valence-electron chi connectivity index (χ2n) is 5.80. The van der Waals surface area contributed by atoms with Crippen molar-refractivity contribution in [3.8, 4) is 0 Å². The lowest BCUT2D eigenvalue weighted by Gasteiger charge is -2.17. The molecule has 3 rings (SSSR count). The number of nitrogens with zero attached hydrogens (tertiary/aromatic N) is 3. The standard InChI is InChI=1S/C17H17N5O4/c23-16(19-20-17(24)13-4-3-7-18-11-13)12-5-6-14(15(10-12)22(25)26)21-8-1-2-9-21/h3-7,10-11H,1-2,8-9H2,(H,19,23)(H,20,24). The van der Waals surface area contributed by atoms with Crippen LogP contribution in [0.25, 0.3) is 0 Å². The fraction of sp³-hybridized carbons (Fsp3) is 0.235. The van der Waals surface area contributed by atoms with E-state index in [0.29, 0.717) is 5.69 Å². The molecular formula is C17H17N5O4. The SMILES string of the molecule is O=C(NNC(=O)c1ccc(N2CCCC2)c([N+](=O)[O-])c1)c1cccnc1. The summed E-state index contributed by atoms with van der Waals surface area (Å²) in [5.41, 5.74) is 5.25. The highest BCUT2D eigenvalue weighted by atomic mass is 16.6. The van der Waals surface area contributed by atoms with Gasteiger partial charge in [0.05, 0.1) is 10.5 Å². The zero-order chi connectivity index (χ0) is 18.5. The topological polar surface area (TPSA) is 117 Å². The van der Waals surface area contributed by atoms with Crippen LogP contribution in [0.3, 0.4) is 0 Å². The van der Waals surface area contributed by atoms with E-state index in [1.54, 1.807) is 18.2 Å². The molecule has 0 aliphatic carbocycles. The lowest BCUT2D eigenvalue weighted by Crippen LogP contribution is -2.41. The molecule has 26 heavy (non-hydrogen) atoms. The smallest absolute Gasteiger partial charge is 0.293 e. The van der Waals surface area contributed by atoms with Gasteiger partial charge < -0.3 is 4.90 Å². The van der Waals surface area contributed by atoms with Crippen LogP contribution < -0.4 is 15.8 Å². The summed E-state index contributed by atoms with van der Waals surface area (Å²) in [5, 5.41) is 11.4. The van der Waals surface area contributed by atoms with E-state index in [-0.39, 0.29) is 16.8 Å². The number of nitro groups is 1. The van der Waals surface area contributed by atoms with Crippen LogP contribution >= 0.6 is 0 Å². The number of pyridine rings is 1. The van der Waals surface area contributed by atoms with Crippen LogP contribution in [0.1, 0.15) is 33.6 Å². The Bertz CT molecular complexity index is 834. The van der Waals surface area contributed by atoms with Gasteiger partial charge in [-0.25, -0.2) is 0 Å². The molecule has 9 heteroatoms.